The molecule has 0 aromatic heterocycles. The summed E-state index contributed by atoms with van der Waals surface area (Å²) in [6, 6.07) is 12.6. The number of nitrogens with zero attached hydrogens (tertiary/aromatic N) is 2. The van der Waals surface area contributed by atoms with E-state index in [1.54, 1.807) is 26.4 Å². The molecule has 0 spiro atoms. The van der Waals surface area contributed by atoms with E-state index in [0.29, 0.717) is 12.1 Å². The molecule has 0 saturated heterocycles. The fourth-order valence-corrected chi connectivity index (χ4v) is 2.70. The average molecular weight is 373 g/mol. The number of halogens is 1. The van der Waals surface area contributed by atoms with E-state index < -0.39 is 0 Å². The van der Waals surface area contributed by atoms with Crippen LogP contribution in [0.15, 0.2) is 47.5 Å². The molecule has 0 aliphatic carbocycles. The summed E-state index contributed by atoms with van der Waals surface area (Å²) in [5.41, 5.74) is 1.73. The second-order valence-corrected chi connectivity index (χ2v) is 6.12. The number of hydrogen-bond acceptors (Lipinski definition) is 3. The Morgan fingerprint density at radius 3 is 2.52 bits per heavy atom. The van der Waals surface area contributed by atoms with E-state index in [9.17, 15) is 4.39 Å². The van der Waals surface area contributed by atoms with E-state index in [2.05, 4.69) is 10.3 Å². The van der Waals surface area contributed by atoms with Crippen molar-refractivity contribution in [1.29, 1.82) is 0 Å². The van der Waals surface area contributed by atoms with Crippen LogP contribution in [0.3, 0.4) is 0 Å². The van der Waals surface area contributed by atoms with Gasteiger partial charge < -0.3 is 19.7 Å². The number of ether oxygens (including phenoxy) is 2. The Kier molecular flexibility index (Phi) is 7.92. The summed E-state index contributed by atoms with van der Waals surface area (Å²) in [4.78, 5) is 6.61. The van der Waals surface area contributed by atoms with Gasteiger partial charge in [0.05, 0.1) is 20.8 Å². The lowest BCUT2D eigenvalue weighted by Crippen LogP contribution is -2.40. The Morgan fingerprint density at radius 1 is 1.11 bits per heavy atom. The Bertz CT molecular complexity index is 765. The number of benzene rings is 2. The lowest BCUT2D eigenvalue weighted by molar-refractivity contribution is 0.354. The van der Waals surface area contributed by atoms with Crippen LogP contribution in [-0.2, 0) is 13.0 Å². The normalized spacial score (nSPS) is 11.2. The summed E-state index contributed by atoms with van der Waals surface area (Å²) in [7, 11) is 5.23. The number of hydrogen-bond donors (Lipinski definition) is 1. The lowest BCUT2D eigenvalue weighted by Gasteiger charge is -2.22. The predicted octanol–water partition coefficient (Wildman–Crippen LogP) is 3.48. The number of aliphatic imine (C=N–C) groups is 1. The van der Waals surface area contributed by atoms with Gasteiger partial charge in [-0.2, -0.15) is 0 Å². The van der Waals surface area contributed by atoms with Gasteiger partial charge in [0.25, 0.3) is 0 Å². The van der Waals surface area contributed by atoms with Crippen molar-refractivity contribution < 1.29 is 13.9 Å². The van der Waals surface area contributed by atoms with E-state index in [4.69, 9.17) is 9.47 Å². The molecule has 0 radical (unpaired) electrons. The summed E-state index contributed by atoms with van der Waals surface area (Å²) >= 11 is 0. The Balaban J connectivity index is 2.03. The molecule has 2 rings (SSSR count). The Morgan fingerprint density at radius 2 is 1.85 bits per heavy atom. The van der Waals surface area contributed by atoms with Gasteiger partial charge in [-0.25, -0.2) is 9.38 Å². The van der Waals surface area contributed by atoms with Crippen LogP contribution >= 0.6 is 0 Å². The molecule has 0 unspecified atom stereocenters. The molecule has 6 heteroatoms. The zero-order valence-electron chi connectivity index (χ0n) is 16.5. The fourth-order valence-electron chi connectivity index (χ4n) is 2.70. The molecule has 2 aromatic carbocycles. The molecule has 0 aliphatic heterocycles. The third kappa shape index (κ3) is 5.88. The van der Waals surface area contributed by atoms with Crippen LogP contribution in [0.2, 0.25) is 0 Å². The zero-order chi connectivity index (χ0) is 19.6. The standard InChI is InChI=1S/C21H28FN3O2/c1-5-23-21(24-15-17-8-6-7-9-18(17)22)25(2)13-12-16-10-11-19(26-3)20(14-16)27-4/h6-11,14H,5,12-13,15H2,1-4H3,(H,23,24). The molecule has 0 saturated carbocycles. The molecule has 0 aliphatic rings. The van der Waals surface area contributed by atoms with Gasteiger partial charge in [0.2, 0.25) is 0 Å². The molecule has 0 bridgehead atoms. The van der Waals surface area contributed by atoms with Gasteiger partial charge in [-0.15, -0.1) is 0 Å². The lowest BCUT2D eigenvalue weighted by atomic mass is 10.1. The maximum absolute atomic E-state index is 13.8. The van der Waals surface area contributed by atoms with Gasteiger partial charge >= 0.3 is 0 Å². The first-order valence-electron chi connectivity index (χ1n) is 9.02. The summed E-state index contributed by atoms with van der Waals surface area (Å²) in [5, 5.41) is 3.26. The van der Waals surface area contributed by atoms with E-state index >= 15 is 0 Å². The molecule has 0 amide bonds. The minimum Gasteiger partial charge on any atom is -0.493 e. The SMILES string of the molecule is CCNC(=NCc1ccccc1F)N(C)CCc1ccc(OC)c(OC)c1. The van der Waals surface area contributed by atoms with Crippen molar-refractivity contribution in [2.45, 2.75) is 19.9 Å². The second-order valence-electron chi connectivity index (χ2n) is 6.12. The van der Waals surface area contributed by atoms with Crippen molar-refractivity contribution in [3.05, 3.63) is 59.4 Å². The molecule has 0 atom stereocenters. The quantitative estimate of drug-likeness (QED) is 0.568. The summed E-state index contributed by atoms with van der Waals surface area (Å²) in [6.45, 7) is 3.83. The third-order valence-electron chi connectivity index (χ3n) is 4.24. The predicted molar refractivity (Wildman–Crippen MR) is 107 cm³/mol. The fraction of sp³-hybridized carbons (Fsp3) is 0.381. The van der Waals surface area contributed by atoms with Crippen molar-refractivity contribution in [3.8, 4) is 11.5 Å². The topological polar surface area (TPSA) is 46.1 Å². The number of nitrogens with one attached hydrogen (secondary N) is 1. The van der Waals surface area contributed by atoms with Crippen molar-refractivity contribution in [2.75, 3.05) is 34.4 Å². The van der Waals surface area contributed by atoms with Crippen LogP contribution in [0.4, 0.5) is 4.39 Å². The van der Waals surface area contributed by atoms with Crippen LogP contribution in [0.25, 0.3) is 0 Å². The molecule has 0 heterocycles. The number of likely N-dealkylation sites (N-methyl/N-ethyl adjacent to an activating group) is 1. The highest BCUT2D eigenvalue weighted by molar-refractivity contribution is 5.79. The van der Waals surface area contributed by atoms with Gasteiger partial charge in [0.1, 0.15) is 5.82 Å². The molecule has 1 N–H and O–H groups in total. The van der Waals surface area contributed by atoms with Crippen molar-refractivity contribution in [2.24, 2.45) is 4.99 Å². The van der Waals surface area contributed by atoms with Gasteiger partial charge in [-0.3, -0.25) is 0 Å². The highest BCUT2D eigenvalue weighted by atomic mass is 19.1. The van der Waals surface area contributed by atoms with Crippen LogP contribution in [0.5, 0.6) is 11.5 Å². The van der Waals surface area contributed by atoms with Crippen LogP contribution in [0, 0.1) is 5.82 Å². The zero-order valence-corrected chi connectivity index (χ0v) is 16.5. The van der Waals surface area contributed by atoms with E-state index in [1.165, 1.54) is 6.07 Å². The van der Waals surface area contributed by atoms with Crippen LogP contribution < -0.4 is 14.8 Å². The van der Waals surface area contributed by atoms with Gasteiger partial charge in [0.15, 0.2) is 17.5 Å². The number of rotatable bonds is 8. The number of methoxy groups -OCH3 is 2. The van der Waals surface area contributed by atoms with Crippen molar-refractivity contribution in [3.63, 3.8) is 0 Å². The van der Waals surface area contributed by atoms with Gasteiger partial charge in [-0.05, 0) is 37.1 Å². The van der Waals surface area contributed by atoms with E-state index in [1.807, 2.05) is 43.1 Å². The molecular formula is C21H28FN3O2. The van der Waals surface area contributed by atoms with E-state index in [-0.39, 0.29) is 5.82 Å². The molecular weight excluding hydrogens is 345 g/mol. The largest absolute Gasteiger partial charge is 0.493 e. The Hall–Kier alpha value is -2.76. The van der Waals surface area contributed by atoms with Crippen LogP contribution in [-0.4, -0.2) is 45.2 Å². The molecule has 0 fully saturated rings. The second kappa shape index (κ2) is 10.4. The third-order valence-corrected chi connectivity index (χ3v) is 4.24. The summed E-state index contributed by atoms with van der Waals surface area (Å²) in [5.74, 6) is 1.96. The smallest absolute Gasteiger partial charge is 0.193 e. The van der Waals surface area contributed by atoms with Crippen molar-refractivity contribution in [1.82, 2.24) is 10.2 Å². The monoisotopic (exact) mass is 373 g/mol. The molecule has 2 aromatic rings. The summed E-state index contributed by atoms with van der Waals surface area (Å²) in [6.07, 6.45) is 0.820. The van der Waals surface area contributed by atoms with Crippen molar-refractivity contribution >= 4 is 5.96 Å². The molecule has 27 heavy (non-hydrogen) atoms. The average Bonchev–Trinajstić information content (AvgIpc) is 2.70. The van der Waals surface area contributed by atoms with E-state index in [0.717, 1.165) is 42.5 Å². The Labute approximate surface area is 160 Å². The molecule has 146 valence electrons. The van der Waals surface area contributed by atoms with Crippen LogP contribution in [0.1, 0.15) is 18.1 Å². The maximum Gasteiger partial charge on any atom is 0.193 e. The van der Waals surface area contributed by atoms with Gasteiger partial charge in [-0.1, -0.05) is 24.3 Å². The first-order valence-corrected chi connectivity index (χ1v) is 9.02. The maximum atomic E-state index is 13.8. The first kappa shape index (κ1) is 20.6. The number of guanidine groups is 1. The molecule has 5 nitrogen and oxygen atoms in total. The minimum absolute atomic E-state index is 0.231. The summed E-state index contributed by atoms with van der Waals surface area (Å²) < 4.78 is 24.4. The highest BCUT2D eigenvalue weighted by Crippen LogP contribution is 2.27. The minimum atomic E-state index is -0.231. The van der Waals surface area contributed by atoms with Gasteiger partial charge in [0, 0.05) is 25.7 Å². The highest BCUT2D eigenvalue weighted by Gasteiger charge is 2.09. The first-order chi connectivity index (χ1) is 13.1.